The van der Waals surface area contributed by atoms with Gasteiger partial charge in [0.05, 0.1) is 15.2 Å². The molecule has 0 radical (unpaired) electrons. The summed E-state index contributed by atoms with van der Waals surface area (Å²) in [6.07, 6.45) is 9.06. The highest BCUT2D eigenvalue weighted by Gasteiger charge is 2.18. The fraction of sp³-hybridized carbons (Fsp3) is 0.562. The van der Waals surface area contributed by atoms with E-state index < -0.39 is 0 Å². The van der Waals surface area contributed by atoms with Crippen LogP contribution in [0.15, 0.2) is 24.3 Å². The first-order chi connectivity index (χ1) is 9.31. The minimum absolute atomic E-state index is 0.253. The molecule has 1 aliphatic carbocycles. The van der Waals surface area contributed by atoms with E-state index >= 15 is 0 Å². The van der Waals surface area contributed by atoms with E-state index in [1.54, 1.807) is 11.3 Å². The zero-order chi connectivity index (χ0) is 13.1. The van der Waals surface area contributed by atoms with Crippen LogP contribution < -0.4 is 0 Å². The number of alkyl halides is 1. The SMILES string of the molecule is ClC(Cc1nc2ccccc2s1)CC1CCCCC1. The van der Waals surface area contributed by atoms with Crippen molar-refractivity contribution in [2.45, 2.75) is 50.3 Å². The average Bonchev–Trinajstić information content (AvgIpc) is 2.81. The first-order valence-corrected chi connectivity index (χ1v) is 8.55. The highest BCUT2D eigenvalue weighted by molar-refractivity contribution is 7.18. The summed E-state index contributed by atoms with van der Waals surface area (Å²) in [4.78, 5) is 4.68. The van der Waals surface area contributed by atoms with E-state index in [4.69, 9.17) is 11.6 Å². The van der Waals surface area contributed by atoms with Crippen molar-refractivity contribution in [1.29, 1.82) is 0 Å². The summed E-state index contributed by atoms with van der Waals surface area (Å²) in [5.41, 5.74) is 1.11. The van der Waals surface area contributed by atoms with Crippen molar-refractivity contribution in [2.75, 3.05) is 0 Å². The van der Waals surface area contributed by atoms with Crippen LogP contribution in [0.25, 0.3) is 10.2 Å². The number of para-hydroxylation sites is 1. The zero-order valence-electron chi connectivity index (χ0n) is 11.1. The van der Waals surface area contributed by atoms with Crippen LogP contribution in [0.4, 0.5) is 0 Å². The number of nitrogens with zero attached hydrogens (tertiary/aromatic N) is 1. The molecule has 19 heavy (non-hydrogen) atoms. The number of hydrogen-bond donors (Lipinski definition) is 0. The molecule has 102 valence electrons. The number of thiazole rings is 1. The van der Waals surface area contributed by atoms with E-state index in [0.717, 1.165) is 24.3 Å². The topological polar surface area (TPSA) is 12.9 Å². The molecule has 0 bridgehead atoms. The summed E-state index contributed by atoms with van der Waals surface area (Å²) < 4.78 is 1.28. The van der Waals surface area contributed by atoms with Gasteiger partial charge in [-0.25, -0.2) is 4.98 Å². The minimum atomic E-state index is 0.253. The summed E-state index contributed by atoms with van der Waals surface area (Å²) in [7, 11) is 0. The van der Waals surface area contributed by atoms with E-state index in [2.05, 4.69) is 23.2 Å². The second-order valence-electron chi connectivity index (χ2n) is 5.62. The molecule has 1 saturated carbocycles. The molecule has 1 nitrogen and oxygen atoms in total. The van der Waals surface area contributed by atoms with Crippen LogP contribution in [0.2, 0.25) is 0 Å². The third kappa shape index (κ3) is 3.49. The highest BCUT2D eigenvalue weighted by Crippen LogP contribution is 2.31. The molecule has 0 saturated heterocycles. The van der Waals surface area contributed by atoms with Crippen LogP contribution in [0.5, 0.6) is 0 Å². The van der Waals surface area contributed by atoms with Gasteiger partial charge >= 0.3 is 0 Å². The molecule has 1 unspecified atom stereocenters. The largest absolute Gasteiger partial charge is 0.241 e. The van der Waals surface area contributed by atoms with Crippen molar-refractivity contribution in [1.82, 2.24) is 4.98 Å². The van der Waals surface area contributed by atoms with Gasteiger partial charge in [0.2, 0.25) is 0 Å². The molecular weight excluding hydrogens is 274 g/mol. The van der Waals surface area contributed by atoms with Crippen LogP contribution in [-0.2, 0) is 6.42 Å². The van der Waals surface area contributed by atoms with Gasteiger partial charge in [0.1, 0.15) is 0 Å². The lowest BCUT2D eigenvalue weighted by atomic mass is 9.86. The maximum Gasteiger partial charge on any atom is 0.0953 e. The van der Waals surface area contributed by atoms with Gasteiger partial charge in [-0.15, -0.1) is 22.9 Å². The van der Waals surface area contributed by atoms with Gasteiger partial charge in [0.15, 0.2) is 0 Å². The Bertz CT molecular complexity index is 497. The number of halogens is 1. The Labute approximate surface area is 124 Å². The fourth-order valence-corrected chi connectivity index (χ4v) is 4.60. The number of aromatic nitrogens is 1. The van der Waals surface area contributed by atoms with Crippen molar-refractivity contribution in [2.24, 2.45) is 5.92 Å². The lowest BCUT2D eigenvalue weighted by Gasteiger charge is -2.23. The van der Waals surface area contributed by atoms with Crippen LogP contribution in [0, 0.1) is 5.92 Å². The Morgan fingerprint density at radius 3 is 2.79 bits per heavy atom. The highest BCUT2D eigenvalue weighted by atomic mass is 35.5. The van der Waals surface area contributed by atoms with Crippen molar-refractivity contribution in [3.63, 3.8) is 0 Å². The van der Waals surface area contributed by atoms with E-state index in [1.807, 2.05) is 6.07 Å². The number of fused-ring (bicyclic) bond motifs is 1. The smallest absolute Gasteiger partial charge is 0.0953 e. The quantitative estimate of drug-likeness (QED) is 0.686. The van der Waals surface area contributed by atoms with E-state index in [9.17, 15) is 0 Å². The second-order valence-corrected chi connectivity index (χ2v) is 7.35. The van der Waals surface area contributed by atoms with E-state index in [-0.39, 0.29) is 5.38 Å². The van der Waals surface area contributed by atoms with Crippen LogP contribution >= 0.6 is 22.9 Å². The molecule has 3 rings (SSSR count). The van der Waals surface area contributed by atoms with Crippen molar-refractivity contribution in [3.8, 4) is 0 Å². The second kappa shape index (κ2) is 6.23. The Morgan fingerprint density at radius 1 is 1.21 bits per heavy atom. The van der Waals surface area contributed by atoms with Gasteiger partial charge in [-0.1, -0.05) is 44.2 Å². The number of hydrogen-bond acceptors (Lipinski definition) is 2. The maximum absolute atomic E-state index is 6.54. The Hall–Kier alpha value is -0.600. The average molecular weight is 294 g/mol. The molecule has 3 heteroatoms. The molecule has 0 amide bonds. The van der Waals surface area contributed by atoms with Crippen molar-refractivity contribution < 1.29 is 0 Å². The summed E-state index contributed by atoms with van der Waals surface area (Å²) in [6.45, 7) is 0. The van der Waals surface area contributed by atoms with Gasteiger partial charge in [0.25, 0.3) is 0 Å². The molecule has 1 aliphatic rings. The van der Waals surface area contributed by atoms with Gasteiger partial charge in [-0.3, -0.25) is 0 Å². The molecule has 0 aliphatic heterocycles. The fourth-order valence-electron chi connectivity index (χ4n) is 3.06. The molecule has 1 heterocycles. The molecule has 0 N–H and O–H groups in total. The van der Waals surface area contributed by atoms with Crippen molar-refractivity contribution in [3.05, 3.63) is 29.3 Å². The Balaban J connectivity index is 1.60. The van der Waals surface area contributed by atoms with E-state index in [1.165, 1.54) is 41.8 Å². The molecule has 1 aromatic carbocycles. The summed E-state index contributed by atoms with van der Waals surface area (Å²) in [5, 5.41) is 1.45. The van der Waals surface area contributed by atoms with Gasteiger partial charge in [-0.05, 0) is 24.5 Å². The molecule has 2 aromatic rings. The summed E-state index contributed by atoms with van der Waals surface area (Å²) >= 11 is 8.34. The molecule has 1 aromatic heterocycles. The molecular formula is C16H20ClNS. The molecule has 1 atom stereocenters. The minimum Gasteiger partial charge on any atom is -0.241 e. The van der Waals surface area contributed by atoms with Crippen LogP contribution in [0.1, 0.15) is 43.5 Å². The predicted octanol–water partition coefficient (Wildman–Crippen LogP) is 5.42. The monoisotopic (exact) mass is 293 g/mol. The summed E-state index contributed by atoms with van der Waals surface area (Å²) in [6, 6.07) is 8.34. The van der Waals surface area contributed by atoms with Crippen LogP contribution in [0.3, 0.4) is 0 Å². The number of rotatable bonds is 4. The molecule has 0 spiro atoms. The lowest BCUT2D eigenvalue weighted by molar-refractivity contribution is 0.334. The molecule has 1 fully saturated rings. The third-order valence-corrected chi connectivity index (χ3v) is 5.44. The number of benzene rings is 1. The lowest BCUT2D eigenvalue weighted by Crippen LogP contribution is -2.14. The van der Waals surface area contributed by atoms with E-state index in [0.29, 0.717) is 0 Å². The Kier molecular flexibility index (Phi) is 4.39. The zero-order valence-corrected chi connectivity index (χ0v) is 12.7. The van der Waals surface area contributed by atoms with Gasteiger partial charge in [-0.2, -0.15) is 0 Å². The van der Waals surface area contributed by atoms with Crippen molar-refractivity contribution >= 4 is 33.2 Å². The summed E-state index contributed by atoms with van der Waals surface area (Å²) in [5.74, 6) is 0.852. The normalized spacial score (nSPS) is 18.8. The third-order valence-electron chi connectivity index (χ3n) is 4.05. The van der Waals surface area contributed by atoms with Gasteiger partial charge < -0.3 is 0 Å². The van der Waals surface area contributed by atoms with Crippen LogP contribution in [-0.4, -0.2) is 10.4 Å². The first kappa shape index (κ1) is 13.4. The predicted molar refractivity (Wildman–Crippen MR) is 84.2 cm³/mol. The maximum atomic E-state index is 6.54. The Morgan fingerprint density at radius 2 is 2.00 bits per heavy atom. The van der Waals surface area contributed by atoms with Gasteiger partial charge in [0, 0.05) is 11.8 Å². The first-order valence-electron chi connectivity index (χ1n) is 7.30. The standard InChI is InChI=1S/C16H20ClNS/c17-13(10-12-6-2-1-3-7-12)11-16-18-14-8-4-5-9-15(14)19-16/h4-5,8-9,12-13H,1-3,6-7,10-11H2.